The number of amides is 1. The van der Waals surface area contributed by atoms with Crippen LogP contribution in [0, 0.1) is 5.92 Å². The van der Waals surface area contributed by atoms with E-state index in [1.54, 1.807) is 30.3 Å². The van der Waals surface area contributed by atoms with E-state index in [-0.39, 0.29) is 6.61 Å². The van der Waals surface area contributed by atoms with Crippen molar-refractivity contribution < 1.29 is 32.2 Å². The van der Waals surface area contributed by atoms with Crippen molar-refractivity contribution >= 4 is 12.1 Å². The van der Waals surface area contributed by atoms with Gasteiger partial charge in [-0.15, -0.1) is 0 Å². The van der Waals surface area contributed by atoms with Crippen molar-refractivity contribution in [2.24, 2.45) is 5.92 Å². The van der Waals surface area contributed by atoms with Crippen molar-refractivity contribution in [3.05, 3.63) is 35.9 Å². The number of hydrogen-bond acceptors (Lipinski definition) is 4. The molecule has 0 spiro atoms. The van der Waals surface area contributed by atoms with Gasteiger partial charge in [-0.05, 0) is 5.56 Å². The molecule has 0 aliphatic rings. The van der Waals surface area contributed by atoms with E-state index in [2.05, 4.69) is 4.74 Å². The lowest BCUT2D eigenvalue weighted by Crippen LogP contribution is -2.38. The van der Waals surface area contributed by atoms with Gasteiger partial charge in [0.05, 0.1) is 19.4 Å². The van der Waals surface area contributed by atoms with Crippen LogP contribution < -0.4 is 5.32 Å². The normalized spacial score (nSPS) is 12.4. The van der Waals surface area contributed by atoms with Gasteiger partial charge in [-0.3, -0.25) is 4.79 Å². The van der Waals surface area contributed by atoms with Gasteiger partial charge in [-0.1, -0.05) is 30.3 Å². The number of esters is 1. The van der Waals surface area contributed by atoms with Crippen molar-refractivity contribution in [3.8, 4) is 0 Å². The molecule has 0 aliphatic heterocycles. The predicted molar refractivity (Wildman–Crippen MR) is 70.8 cm³/mol. The van der Waals surface area contributed by atoms with Crippen LogP contribution in [0.4, 0.5) is 18.0 Å². The minimum atomic E-state index is -4.62. The van der Waals surface area contributed by atoms with Crippen LogP contribution in [0.15, 0.2) is 30.3 Å². The largest absolute Gasteiger partial charge is 0.469 e. The number of hydrogen-bond donors (Lipinski definition) is 1. The van der Waals surface area contributed by atoms with E-state index < -0.39 is 37.1 Å². The SMILES string of the molecule is COC(=O)CC(CNC(=O)OCc1ccccc1)C(F)(F)F. The fourth-order valence-corrected chi connectivity index (χ4v) is 1.57. The molecule has 0 aromatic heterocycles. The van der Waals surface area contributed by atoms with E-state index in [1.165, 1.54) is 0 Å². The number of alkyl halides is 3. The number of ether oxygens (including phenoxy) is 2. The van der Waals surface area contributed by atoms with Gasteiger partial charge in [0.25, 0.3) is 0 Å². The van der Waals surface area contributed by atoms with Gasteiger partial charge < -0.3 is 14.8 Å². The highest BCUT2D eigenvalue weighted by atomic mass is 19.4. The quantitative estimate of drug-likeness (QED) is 0.819. The smallest absolute Gasteiger partial charge is 0.407 e. The Morgan fingerprint density at radius 1 is 1.23 bits per heavy atom. The Labute approximate surface area is 125 Å². The second-order valence-corrected chi connectivity index (χ2v) is 4.46. The molecule has 0 heterocycles. The summed E-state index contributed by atoms with van der Waals surface area (Å²) in [5.41, 5.74) is 0.708. The number of alkyl carbamates (subject to hydrolysis) is 1. The maximum Gasteiger partial charge on any atom is 0.407 e. The minimum Gasteiger partial charge on any atom is -0.469 e. The number of methoxy groups -OCH3 is 1. The van der Waals surface area contributed by atoms with Gasteiger partial charge in [0.15, 0.2) is 0 Å². The fraction of sp³-hybridized carbons (Fsp3) is 0.429. The Balaban J connectivity index is 2.43. The van der Waals surface area contributed by atoms with Gasteiger partial charge in [-0.2, -0.15) is 13.2 Å². The molecule has 122 valence electrons. The van der Waals surface area contributed by atoms with Crippen LogP contribution >= 0.6 is 0 Å². The third kappa shape index (κ3) is 6.47. The monoisotopic (exact) mass is 319 g/mol. The molecule has 0 radical (unpaired) electrons. The Morgan fingerprint density at radius 3 is 2.41 bits per heavy atom. The Morgan fingerprint density at radius 2 is 1.86 bits per heavy atom. The first-order valence-corrected chi connectivity index (χ1v) is 6.41. The maximum atomic E-state index is 12.7. The zero-order chi connectivity index (χ0) is 16.6. The van der Waals surface area contributed by atoms with Gasteiger partial charge in [0.1, 0.15) is 6.61 Å². The van der Waals surface area contributed by atoms with Crippen LogP contribution in [0.2, 0.25) is 0 Å². The molecule has 1 rings (SSSR count). The van der Waals surface area contributed by atoms with E-state index >= 15 is 0 Å². The van der Waals surface area contributed by atoms with Gasteiger partial charge in [0.2, 0.25) is 0 Å². The number of carbonyl (C=O) groups excluding carboxylic acids is 2. The molecule has 22 heavy (non-hydrogen) atoms. The van der Waals surface area contributed by atoms with E-state index in [0.717, 1.165) is 7.11 Å². The van der Waals surface area contributed by atoms with Crippen molar-refractivity contribution in [2.45, 2.75) is 19.2 Å². The minimum absolute atomic E-state index is 0.0552. The zero-order valence-corrected chi connectivity index (χ0v) is 11.9. The number of benzene rings is 1. The van der Waals surface area contributed by atoms with Gasteiger partial charge in [-0.25, -0.2) is 4.79 Å². The van der Waals surface area contributed by atoms with Crippen LogP contribution in [0.5, 0.6) is 0 Å². The van der Waals surface area contributed by atoms with Crippen molar-refractivity contribution in [1.82, 2.24) is 5.32 Å². The Hall–Kier alpha value is -2.25. The molecule has 0 fully saturated rings. The molecule has 0 aliphatic carbocycles. The molecule has 1 unspecified atom stereocenters. The van der Waals surface area contributed by atoms with E-state index in [0.29, 0.717) is 5.56 Å². The summed E-state index contributed by atoms with van der Waals surface area (Å²) in [6.07, 6.45) is -6.47. The molecule has 0 saturated carbocycles. The summed E-state index contributed by atoms with van der Waals surface area (Å²) in [6, 6.07) is 8.69. The first-order chi connectivity index (χ1) is 10.3. The molecule has 0 bridgehead atoms. The average Bonchev–Trinajstić information content (AvgIpc) is 2.48. The molecule has 1 atom stereocenters. The second kappa shape index (κ2) is 8.26. The third-order valence-corrected chi connectivity index (χ3v) is 2.81. The van der Waals surface area contributed by atoms with Crippen molar-refractivity contribution in [2.75, 3.05) is 13.7 Å². The summed E-state index contributed by atoms with van der Waals surface area (Å²) in [4.78, 5) is 22.3. The van der Waals surface area contributed by atoms with Crippen molar-refractivity contribution in [1.29, 1.82) is 0 Å². The van der Waals surface area contributed by atoms with Crippen LogP contribution in [-0.2, 0) is 20.9 Å². The maximum absolute atomic E-state index is 12.7. The number of carbonyl (C=O) groups is 2. The third-order valence-electron chi connectivity index (χ3n) is 2.81. The molecule has 1 aromatic rings. The van der Waals surface area contributed by atoms with E-state index in [4.69, 9.17) is 4.74 Å². The van der Waals surface area contributed by atoms with E-state index in [1.807, 2.05) is 5.32 Å². The molecule has 1 amide bonds. The summed E-state index contributed by atoms with van der Waals surface area (Å²) in [5.74, 6) is -3.02. The molecule has 8 heteroatoms. The molecule has 0 saturated heterocycles. The second-order valence-electron chi connectivity index (χ2n) is 4.46. The van der Waals surface area contributed by atoms with E-state index in [9.17, 15) is 22.8 Å². The number of rotatable bonds is 6. The summed E-state index contributed by atoms with van der Waals surface area (Å²) >= 11 is 0. The lowest BCUT2D eigenvalue weighted by Gasteiger charge is -2.19. The lowest BCUT2D eigenvalue weighted by atomic mass is 10.1. The Kier molecular flexibility index (Phi) is 6.68. The molecule has 1 aromatic carbocycles. The molecule has 5 nitrogen and oxygen atoms in total. The summed E-state index contributed by atoms with van der Waals surface area (Å²) < 4.78 is 47.1. The summed E-state index contributed by atoms with van der Waals surface area (Å²) in [5, 5.41) is 2.00. The molecular formula is C14H16F3NO4. The predicted octanol–water partition coefficient (Wildman–Crippen LogP) is 2.65. The lowest BCUT2D eigenvalue weighted by molar-refractivity contribution is -0.182. The van der Waals surface area contributed by atoms with Crippen molar-refractivity contribution in [3.63, 3.8) is 0 Å². The van der Waals surface area contributed by atoms with Crippen LogP contribution in [0.1, 0.15) is 12.0 Å². The first kappa shape index (κ1) is 17.8. The highest BCUT2D eigenvalue weighted by Gasteiger charge is 2.41. The zero-order valence-electron chi connectivity index (χ0n) is 11.9. The van der Waals surface area contributed by atoms with Crippen LogP contribution in [0.25, 0.3) is 0 Å². The van der Waals surface area contributed by atoms with Crippen LogP contribution in [0.3, 0.4) is 0 Å². The highest BCUT2D eigenvalue weighted by Crippen LogP contribution is 2.28. The number of halogens is 3. The highest BCUT2D eigenvalue weighted by molar-refractivity contribution is 5.70. The van der Waals surface area contributed by atoms with Gasteiger partial charge in [0, 0.05) is 6.54 Å². The summed E-state index contributed by atoms with van der Waals surface area (Å²) in [7, 11) is 0.997. The van der Waals surface area contributed by atoms with Crippen LogP contribution in [-0.4, -0.2) is 31.9 Å². The fourth-order valence-electron chi connectivity index (χ4n) is 1.57. The number of nitrogens with one attached hydrogen (secondary N) is 1. The molecular weight excluding hydrogens is 303 g/mol. The standard InChI is InChI=1S/C14H16F3NO4/c1-21-12(19)7-11(14(15,16)17)8-18-13(20)22-9-10-5-3-2-4-6-10/h2-6,11H,7-9H2,1H3,(H,18,20). The topological polar surface area (TPSA) is 64.6 Å². The summed E-state index contributed by atoms with van der Waals surface area (Å²) in [6.45, 7) is -0.813. The Bertz CT molecular complexity index is 491. The molecule has 1 N–H and O–H groups in total. The first-order valence-electron chi connectivity index (χ1n) is 6.41. The average molecular weight is 319 g/mol. The van der Waals surface area contributed by atoms with Gasteiger partial charge >= 0.3 is 18.2 Å².